The fraction of sp³-hybridized carbons (Fsp3) is 0.333. The highest BCUT2D eigenvalue weighted by Gasteiger charge is 2.32. The summed E-state index contributed by atoms with van der Waals surface area (Å²) in [7, 11) is 0. The van der Waals surface area contributed by atoms with Gasteiger partial charge >= 0.3 is 6.18 Å². The molecule has 2 heterocycles. The zero-order chi connectivity index (χ0) is 17.5. The van der Waals surface area contributed by atoms with Crippen molar-refractivity contribution in [2.24, 2.45) is 0 Å². The number of anilines is 1. The first-order valence-corrected chi connectivity index (χ1v) is 7.86. The summed E-state index contributed by atoms with van der Waals surface area (Å²) in [5.74, 6) is -0.551. The molecule has 1 fully saturated rings. The second kappa shape index (κ2) is 6.15. The van der Waals surface area contributed by atoms with E-state index in [-0.39, 0.29) is 23.5 Å². The van der Waals surface area contributed by atoms with Crippen molar-refractivity contribution in [1.82, 2.24) is 4.98 Å². The van der Waals surface area contributed by atoms with E-state index in [2.05, 4.69) is 4.98 Å². The van der Waals surface area contributed by atoms with Crippen molar-refractivity contribution < 1.29 is 28.2 Å². The Morgan fingerprint density at radius 1 is 1.25 bits per heavy atom. The summed E-state index contributed by atoms with van der Waals surface area (Å²) in [6.07, 6.45) is -5.01. The first-order chi connectivity index (χ1) is 11.3. The molecule has 1 aliphatic rings. The first-order valence-electron chi connectivity index (χ1n) is 7.04. The number of aliphatic hydroxyl groups is 2. The van der Waals surface area contributed by atoms with Gasteiger partial charge in [0.05, 0.1) is 28.8 Å². The molecule has 24 heavy (non-hydrogen) atoms. The second-order valence-electron chi connectivity index (χ2n) is 5.45. The summed E-state index contributed by atoms with van der Waals surface area (Å²) >= 11 is 1.01. The lowest BCUT2D eigenvalue weighted by molar-refractivity contribution is -0.137. The number of carbonyl (C=O) groups is 1. The van der Waals surface area contributed by atoms with Crippen LogP contribution in [0.2, 0.25) is 0 Å². The number of nitrogens with zero attached hydrogens (tertiary/aromatic N) is 2. The van der Waals surface area contributed by atoms with Gasteiger partial charge in [0.15, 0.2) is 5.13 Å². The van der Waals surface area contributed by atoms with E-state index >= 15 is 0 Å². The summed E-state index contributed by atoms with van der Waals surface area (Å²) in [6, 6.07) is 4.22. The monoisotopic (exact) mass is 358 g/mol. The fourth-order valence-electron chi connectivity index (χ4n) is 2.42. The Hall–Kier alpha value is -1.97. The molecule has 2 aromatic rings. The molecule has 0 amide bonds. The predicted molar refractivity (Wildman–Crippen MR) is 81.2 cm³/mol. The Labute approximate surface area is 139 Å². The average Bonchev–Trinajstić information content (AvgIpc) is 3.13. The van der Waals surface area contributed by atoms with Crippen LogP contribution < -0.4 is 4.90 Å². The van der Waals surface area contributed by atoms with E-state index in [9.17, 15) is 28.2 Å². The van der Waals surface area contributed by atoms with Gasteiger partial charge in [-0.15, -0.1) is 0 Å². The van der Waals surface area contributed by atoms with Gasteiger partial charge in [-0.1, -0.05) is 23.5 Å². The van der Waals surface area contributed by atoms with E-state index < -0.39 is 29.7 Å². The third-order valence-corrected chi connectivity index (χ3v) is 4.76. The number of thiazole rings is 1. The van der Waals surface area contributed by atoms with Crippen molar-refractivity contribution >= 4 is 22.3 Å². The van der Waals surface area contributed by atoms with Crippen LogP contribution in [0.4, 0.5) is 18.3 Å². The van der Waals surface area contributed by atoms with Crippen LogP contribution in [0.15, 0.2) is 30.5 Å². The van der Waals surface area contributed by atoms with Gasteiger partial charge < -0.3 is 15.1 Å². The molecular formula is C15H13F3N2O3S. The maximum atomic E-state index is 12.7. The lowest BCUT2D eigenvalue weighted by Crippen LogP contribution is -2.22. The second-order valence-corrected chi connectivity index (χ2v) is 6.46. The van der Waals surface area contributed by atoms with Crippen LogP contribution in [0.3, 0.4) is 0 Å². The number of benzene rings is 1. The largest absolute Gasteiger partial charge is 0.416 e. The molecule has 1 aromatic heterocycles. The predicted octanol–water partition coefficient (Wildman–Crippen LogP) is 1.93. The number of ketones is 1. The first kappa shape index (κ1) is 16.9. The van der Waals surface area contributed by atoms with Gasteiger partial charge in [0.2, 0.25) is 5.78 Å². The Morgan fingerprint density at radius 2 is 1.92 bits per heavy atom. The van der Waals surface area contributed by atoms with E-state index in [4.69, 9.17) is 0 Å². The highest BCUT2D eigenvalue weighted by Crippen LogP contribution is 2.31. The molecule has 1 saturated heterocycles. The summed E-state index contributed by atoms with van der Waals surface area (Å²) in [5.41, 5.74) is -0.953. The maximum Gasteiger partial charge on any atom is 0.416 e. The maximum absolute atomic E-state index is 12.7. The normalized spacial score (nSPS) is 21.3. The molecular weight excluding hydrogens is 345 g/mol. The minimum Gasteiger partial charge on any atom is -0.389 e. The summed E-state index contributed by atoms with van der Waals surface area (Å²) in [4.78, 5) is 18.3. The Balaban J connectivity index is 1.82. The van der Waals surface area contributed by atoms with E-state index in [0.29, 0.717) is 5.13 Å². The third-order valence-electron chi connectivity index (χ3n) is 3.70. The minimum absolute atomic E-state index is 0.0680. The third kappa shape index (κ3) is 3.28. The van der Waals surface area contributed by atoms with Crippen LogP contribution in [-0.2, 0) is 6.18 Å². The van der Waals surface area contributed by atoms with Crippen molar-refractivity contribution in [1.29, 1.82) is 0 Å². The van der Waals surface area contributed by atoms with Gasteiger partial charge in [0.25, 0.3) is 0 Å². The summed E-state index contributed by atoms with van der Waals surface area (Å²) < 4.78 is 38.2. The van der Waals surface area contributed by atoms with Crippen molar-refractivity contribution in [3.05, 3.63) is 46.5 Å². The van der Waals surface area contributed by atoms with E-state index in [0.717, 1.165) is 23.5 Å². The molecule has 0 spiro atoms. The number of carbonyl (C=O) groups excluding carboxylic acids is 1. The topological polar surface area (TPSA) is 73.7 Å². The van der Waals surface area contributed by atoms with Gasteiger partial charge in [-0.2, -0.15) is 13.2 Å². The number of aliphatic hydroxyl groups excluding tert-OH is 2. The fourth-order valence-corrected chi connectivity index (χ4v) is 3.32. The van der Waals surface area contributed by atoms with E-state index in [1.807, 2.05) is 0 Å². The zero-order valence-corrected chi connectivity index (χ0v) is 13.0. The van der Waals surface area contributed by atoms with Crippen LogP contribution in [0.25, 0.3) is 0 Å². The molecule has 0 aliphatic carbocycles. The van der Waals surface area contributed by atoms with Gasteiger partial charge in [-0.3, -0.25) is 4.79 Å². The van der Waals surface area contributed by atoms with Crippen molar-refractivity contribution in [3.8, 4) is 0 Å². The number of hydrogen-bond acceptors (Lipinski definition) is 6. The Morgan fingerprint density at radius 3 is 2.54 bits per heavy atom. The molecule has 0 saturated carbocycles. The van der Waals surface area contributed by atoms with Crippen LogP contribution in [-0.4, -0.2) is 46.3 Å². The van der Waals surface area contributed by atoms with Crippen molar-refractivity contribution in [2.45, 2.75) is 18.4 Å². The molecule has 3 rings (SSSR count). The van der Waals surface area contributed by atoms with E-state index in [1.54, 1.807) is 4.90 Å². The lowest BCUT2D eigenvalue weighted by Gasteiger charge is -2.12. The molecule has 2 N–H and O–H groups in total. The molecule has 0 radical (unpaired) electrons. The number of halogens is 3. The molecule has 0 bridgehead atoms. The van der Waals surface area contributed by atoms with Gasteiger partial charge in [-0.05, 0) is 12.1 Å². The standard InChI is InChI=1S/C15H13F3N2O3S/c16-15(17,18)9-3-1-2-8(4-9)13(23)12-5-19-14(24-12)20-6-10(21)11(22)7-20/h1-5,10-11,21-22H,6-7H2/t10-,11+. The van der Waals surface area contributed by atoms with E-state index in [1.165, 1.54) is 18.3 Å². The molecule has 2 atom stereocenters. The van der Waals surface area contributed by atoms with Crippen LogP contribution >= 0.6 is 11.3 Å². The minimum atomic E-state index is -4.52. The SMILES string of the molecule is O=C(c1cccc(C(F)(F)F)c1)c1cnc(N2C[C@@H](O)[C@@H](O)C2)s1. The zero-order valence-electron chi connectivity index (χ0n) is 12.2. The van der Waals surface area contributed by atoms with Gasteiger partial charge in [0, 0.05) is 18.7 Å². The number of hydrogen-bond donors (Lipinski definition) is 2. The van der Waals surface area contributed by atoms with Gasteiger partial charge in [0.1, 0.15) is 0 Å². The highest BCUT2D eigenvalue weighted by molar-refractivity contribution is 7.17. The number of aromatic nitrogens is 1. The van der Waals surface area contributed by atoms with Crippen LogP contribution in [0, 0.1) is 0 Å². The highest BCUT2D eigenvalue weighted by atomic mass is 32.1. The molecule has 9 heteroatoms. The van der Waals surface area contributed by atoms with Crippen LogP contribution in [0.1, 0.15) is 20.8 Å². The quantitative estimate of drug-likeness (QED) is 0.821. The number of alkyl halides is 3. The summed E-state index contributed by atoms with van der Waals surface area (Å²) in [6.45, 7) is 0.373. The van der Waals surface area contributed by atoms with Crippen LogP contribution in [0.5, 0.6) is 0 Å². The Kier molecular flexibility index (Phi) is 4.33. The number of β-amino-alcohol motifs (C(OH)–C–C–N with tert-alkyl or cyclic N) is 2. The van der Waals surface area contributed by atoms with Crippen molar-refractivity contribution in [2.75, 3.05) is 18.0 Å². The smallest absolute Gasteiger partial charge is 0.389 e. The van der Waals surface area contributed by atoms with Crippen molar-refractivity contribution in [3.63, 3.8) is 0 Å². The molecule has 128 valence electrons. The average molecular weight is 358 g/mol. The Bertz CT molecular complexity index is 752. The molecule has 1 aliphatic heterocycles. The molecule has 5 nitrogen and oxygen atoms in total. The summed E-state index contributed by atoms with van der Waals surface area (Å²) in [5, 5.41) is 19.5. The molecule has 0 unspecified atom stereocenters. The lowest BCUT2D eigenvalue weighted by atomic mass is 10.1. The number of rotatable bonds is 3. The molecule has 1 aromatic carbocycles. The van der Waals surface area contributed by atoms with Gasteiger partial charge in [-0.25, -0.2) is 4.98 Å².